The first-order valence-corrected chi connectivity index (χ1v) is 6.18. The van der Waals surface area contributed by atoms with Crippen LogP contribution in [0.5, 0.6) is 5.75 Å². The van der Waals surface area contributed by atoms with Gasteiger partial charge in [-0.1, -0.05) is 5.16 Å². The molecule has 0 saturated heterocycles. The van der Waals surface area contributed by atoms with E-state index in [-0.39, 0.29) is 21.5 Å². The number of aromatic nitrogens is 1. The maximum absolute atomic E-state index is 13.0. The third-order valence-corrected chi connectivity index (χ3v) is 3.16. The van der Waals surface area contributed by atoms with Gasteiger partial charge in [-0.25, -0.2) is 4.79 Å². The summed E-state index contributed by atoms with van der Waals surface area (Å²) in [6.45, 7) is 0. The Hall–Kier alpha value is -2.03. The third kappa shape index (κ3) is 3.02. The first-order valence-electron chi connectivity index (χ1n) is 5.39. The van der Waals surface area contributed by atoms with Gasteiger partial charge in [0.2, 0.25) is 5.76 Å². The quantitative estimate of drug-likeness (QED) is 0.894. The molecule has 1 aromatic carbocycles. The lowest BCUT2D eigenvalue weighted by molar-refractivity contribution is -0.138. The molecule has 0 atom stereocenters. The Labute approximate surface area is 124 Å². The number of methoxy groups -OCH3 is 1. The fraction of sp³-hybridized carbons (Fsp3) is 0.167. The summed E-state index contributed by atoms with van der Waals surface area (Å²) in [7, 11) is 1.12. The number of carboxylic acids is 1. The predicted octanol–water partition coefficient (Wildman–Crippen LogP) is 3.83. The van der Waals surface area contributed by atoms with Crippen LogP contribution in [-0.4, -0.2) is 23.3 Å². The molecule has 0 aliphatic rings. The molecule has 2 aromatic rings. The Kier molecular flexibility index (Phi) is 3.95. The van der Waals surface area contributed by atoms with Gasteiger partial charge in [0.1, 0.15) is 11.4 Å². The highest BCUT2D eigenvalue weighted by atomic mass is 79.9. The first-order chi connectivity index (χ1) is 9.74. The summed E-state index contributed by atoms with van der Waals surface area (Å²) < 4.78 is 48.3. The molecule has 0 amide bonds. The second-order valence-electron chi connectivity index (χ2n) is 3.92. The fourth-order valence-corrected chi connectivity index (χ4v) is 2.29. The topological polar surface area (TPSA) is 72.6 Å². The number of benzene rings is 1. The molecule has 1 N–H and O–H groups in total. The van der Waals surface area contributed by atoms with Crippen molar-refractivity contribution in [3.05, 3.63) is 34.0 Å². The van der Waals surface area contributed by atoms with Crippen LogP contribution < -0.4 is 4.74 Å². The molecule has 0 radical (unpaired) electrons. The zero-order valence-corrected chi connectivity index (χ0v) is 11.9. The van der Waals surface area contributed by atoms with Crippen molar-refractivity contribution in [1.29, 1.82) is 0 Å². The van der Waals surface area contributed by atoms with Gasteiger partial charge in [0.05, 0.1) is 17.1 Å². The molecule has 0 spiro atoms. The maximum Gasteiger partial charge on any atom is 0.420 e. The number of hydrogen-bond donors (Lipinski definition) is 1. The lowest BCUT2D eigenvalue weighted by atomic mass is 10.1. The lowest BCUT2D eigenvalue weighted by Gasteiger charge is -2.14. The molecular formula is C12H7BrF3NO4. The number of aromatic carboxylic acids is 1. The average Bonchev–Trinajstić information content (AvgIpc) is 2.86. The van der Waals surface area contributed by atoms with E-state index >= 15 is 0 Å². The molecule has 1 heterocycles. The highest BCUT2D eigenvalue weighted by molar-refractivity contribution is 9.10. The van der Waals surface area contributed by atoms with Crippen LogP contribution in [0.2, 0.25) is 0 Å². The summed E-state index contributed by atoms with van der Waals surface area (Å²) in [6.07, 6.45) is -4.64. The summed E-state index contributed by atoms with van der Waals surface area (Å²) in [5.41, 5.74) is -0.984. The smallest absolute Gasteiger partial charge is 0.420 e. The van der Waals surface area contributed by atoms with Gasteiger partial charge < -0.3 is 14.4 Å². The van der Waals surface area contributed by atoms with E-state index < -0.39 is 23.5 Å². The predicted molar refractivity (Wildman–Crippen MR) is 68.2 cm³/mol. The van der Waals surface area contributed by atoms with Gasteiger partial charge in [-0.3, -0.25) is 0 Å². The number of ether oxygens (including phenoxy) is 1. The van der Waals surface area contributed by atoms with Gasteiger partial charge in [-0.2, -0.15) is 13.2 Å². The minimum atomic E-state index is -4.64. The summed E-state index contributed by atoms with van der Waals surface area (Å²) in [4.78, 5) is 10.7. The minimum absolute atomic E-state index is 0.0266. The number of rotatable bonds is 3. The van der Waals surface area contributed by atoms with Crippen LogP contribution in [0.3, 0.4) is 0 Å². The molecule has 0 aliphatic heterocycles. The monoisotopic (exact) mass is 365 g/mol. The van der Waals surface area contributed by atoms with Gasteiger partial charge in [-0.05, 0) is 28.1 Å². The number of halogens is 4. The van der Waals surface area contributed by atoms with Crippen molar-refractivity contribution in [2.75, 3.05) is 7.11 Å². The van der Waals surface area contributed by atoms with Crippen molar-refractivity contribution in [2.24, 2.45) is 0 Å². The fourth-order valence-electron chi connectivity index (χ4n) is 1.67. The highest BCUT2D eigenvalue weighted by Crippen LogP contribution is 2.42. The Balaban J connectivity index is 2.59. The zero-order valence-electron chi connectivity index (χ0n) is 10.4. The molecule has 5 nitrogen and oxygen atoms in total. The summed E-state index contributed by atoms with van der Waals surface area (Å²) in [5, 5.41) is 12.2. The number of hydrogen-bond acceptors (Lipinski definition) is 4. The van der Waals surface area contributed by atoms with Gasteiger partial charge in [0, 0.05) is 11.6 Å². The Morgan fingerprint density at radius 2 is 2.05 bits per heavy atom. The molecule has 0 fully saturated rings. The SMILES string of the molecule is COc1c(Br)cc(-c2cc(C(=O)O)on2)cc1C(F)(F)F. The third-order valence-electron chi connectivity index (χ3n) is 2.57. The molecule has 21 heavy (non-hydrogen) atoms. The number of carboxylic acid groups (broad SMARTS) is 1. The summed E-state index contributed by atoms with van der Waals surface area (Å²) in [6, 6.07) is 3.18. The lowest BCUT2D eigenvalue weighted by Crippen LogP contribution is -2.08. The van der Waals surface area contributed by atoms with E-state index in [9.17, 15) is 18.0 Å². The highest BCUT2D eigenvalue weighted by Gasteiger charge is 2.36. The van der Waals surface area contributed by atoms with Crippen molar-refractivity contribution in [3.63, 3.8) is 0 Å². The van der Waals surface area contributed by atoms with Crippen molar-refractivity contribution < 1.29 is 32.3 Å². The Morgan fingerprint density at radius 1 is 1.38 bits per heavy atom. The number of alkyl halides is 3. The van der Waals surface area contributed by atoms with Crippen LogP contribution in [-0.2, 0) is 6.18 Å². The molecule has 0 unspecified atom stereocenters. The van der Waals surface area contributed by atoms with Gasteiger partial charge in [0.15, 0.2) is 0 Å². The Bertz CT molecular complexity index is 696. The second-order valence-corrected chi connectivity index (χ2v) is 4.77. The molecule has 1 aromatic heterocycles. The number of carbonyl (C=O) groups is 1. The van der Waals surface area contributed by atoms with E-state index in [1.165, 1.54) is 6.07 Å². The van der Waals surface area contributed by atoms with Crippen LogP contribution in [0.25, 0.3) is 11.3 Å². The first kappa shape index (κ1) is 15.4. The van der Waals surface area contributed by atoms with E-state index in [0.717, 1.165) is 19.2 Å². The van der Waals surface area contributed by atoms with Crippen molar-refractivity contribution in [1.82, 2.24) is 5.16 Å². The van der Waals surface area contributed by atoms with Crippen molar-refractivity contribution in [3.8, 4) is 17.0 Å². The van der Waals surface area contributed by atoms with E-state index in [2.05, 4.69) is 25.6 Å². The van der Waals surface area contributed by atoms with E-state index in [1.54, 1.807) is 0 Å². The maximum atomic E-state index is 13.0. The van der Waals surface area contributed by atoms with E-state index in [1.807, 2.05) is 0 Å². The van der Waals surface area contributed by atoms with Crippen LogP contribution in [0.4, 0.5) is 13.2 Å². The van der Waals surface area contributed by atoms with E-state index in [0.29, 0.717) is 0 Å². The van der Waals surface area contributed by atoms with Crippen LogP contribution in [0, 0.1) is 0 Å². The molecule has 0 bridgehead atoms. The average molecular weight is 366 g/mol. The molecule has 0 saturated carbocycles. The normalized spacial score (nSPS) is 11.5. The standard InChI is InChI=1S/C12H7BrF3NO4/c1-20-10-6(12(14,15)16)2-5(3-7(10)13)8-4-9(11(18)19)21-17-8/h2-4H,1H3,(H,18,19). The largest absolute Gasteiger partial charge is 0.495 e. The molecule has 2 rings (SSSR count). The van der Waals surface area contributed by atoms with Gasteiger partial charge >= 0.3 is 12.1 Å². The Morgan fingerprint density at radius 3 is 2.52 bits per heavy atom. The van der Waals surface area contributed by atoms with Crippen LogP contribution in [0.15, 0.2) is 27.2 Å². The molecule has 9 heteroatoms. The number of nitrogens with zero attached hydrogens (tertiary/aromatic N) is 1. The van der Waals surface area contributed by atoms with E-state index in [4.69, 9.17) is 9.84 Å². The molecule has 112 valence electrons. The summed E-state index contributed by atoms with van der Waals surface area (Å²) >= 11 is 2.98. The zero-order chi connectivity index (χ0) is 15.8. The minimum Gasteiger partial charge on any atom is -0.495 e. The van der Waals surface area contributed by atoms with Crippen molar-refractivity contribution in [2.45, 2.75) is 6.18 Å². The van der Waals surface area contributed by atoms with Crippen molar-refractivity contribution >= 4 is 21.9 Å². The van der Waals surface area contributed by atoms with Crippen LogP contribution in [0.1, 0.15) is 16.1 Å². The summed E-state index contributed by atoms with van der Waals surface area (Å²) in [5.74, 6) is -2.20. The van der Waals surface area contributed by atoms with Gasteiger partial charge in [0.25, 0.3) is 0 Å². The van der Waals surface area contributed by atoms with Gasteiger partial charge in [-0.15, -0.1) is 0 Å². The second kappa shape index (κ2) is 5.40. The van der Waals surface area contributed by atoms with Crippen LogP contribution >= 0.6 is 15.9 Å². The molecular weight excluding hydrogens is 359 g/mol. The molecule has 0 aliphatic carbocycles.